The summed E-state index contributed by atoms with van der Waals surface area (Å²) in [5, 5.41) is 0. The Hall–Kier alpha value is -1.36. The van der Waals surface area contributed by atoms with Gasteiger partial charge in [-0.25, -0.2) is 8.78 Å². The third kappa shape index (κ3) is 2.07. The van der Waals surface area contributed by atoms with Gasteiger partial charge in [-0.1, -0.05) is 0 Å². The van der Waals surface area contributed by atoms with Crippen molar-refractivity contribution in [2.24, 2.45) is 5.73 Å². The maximum absolute atomic E-state index is 12.8. The standard InChI is InChI=1S/C12H15F2NO2/c1-16-9-6-8(12(15)3-4-12)10(17-2)5-7(9)11(13)14/h5-6,11H,3-4,15H2,1-2H3. The summed E-state index contributed by atoms with van der Waals surface area (Å²) in [6.45, 7) is 0. The number of nitrogens with two attached hydrogens (primary N) is 1. The van der Waals surface area contributed by atoms with Gasteiger partial charge in [0, 0.05) is 11.1 Å². The van der Waals surface area contributed by atoms with Crippen LogP contribution in [0.4, 0.5) is 8.78 Å². The SMILES string of the molecule is COc1cc(C2(N)CC2)c(OC)cc1C(F)F. The fourth-order valence-corrected chi connectivity index (χ4v) is 1.88. The van der Waals surface area contributed by atoms with Crippen molar-refractivity contribution in [3.05, 3.63) is 23.3 Å². The van der Waals surface area contributed by atoms with Gasteiger partial charge in [-0.3, -0.25) is 0 Å². The summed E-state index contributed by atoms with van der Waals surface area (Å²) in [7, 11) is 2.82. The average molecular weight is 243 g/mol. The lowest BCUT2D eigenvalue weighted by Crippen LogP contribution is -2.20. The van der Waals surface area contributed by atoms with Crippen molar-refractivity contribution in [3.63, 3.8) is 0 Å². The zero-order valence-electron chi connectivity index (χ0n) is 9.80. The minimum atomic E-state index is -2.60. The highest BCUT2D eigenvalue weighted by Gasteiger charge is 2.43. The maximum atomic E-state index is 12.8. The molecule has 0 bridgehead atoms. The molecule has 1 aromatic carbocycles. The van der Waals surface area contributed by atoms with E-state index in [1.54, 1.807) is 6.07 Å². The van der Waals surface area contributed by atoms with E-state index in [4.69, 9.17) is 15.2 Å². The zero-order valence-corrected chi connectivity index (χ0v) is 9.80. The summed E-state index contributed by atoms with van der Waals surface area (Å²) < 4.78 is 35.7. The van der Waals surface area contributed by atoms with E-state index < -0.39 is 12.0 Å². The lowest BCUT2D eigenvalue weighted by Gasteiger charge is -2.18. The number of hydrogen-bond donors (Lipinski definition) is 1. The highest BCUT2D eigenvalue weighted by molar-refractivity contribution is 5.51. The summed E-state index contributed by atoms with van der Waals surface area (Å²) in [4.78, 5) is 0. The van der Waals surface area contributed by atoms with E-state index in [0.717, 1.165) is 18.4 Å². The Morgan fingerprint density at radius 2 is 1.76 bits per heavy atom. The molecule has 0 radical (unpaired) electrons. The second-order valence-electron chi connectivity index (χ2n) is 4.25. The fraction of sp³-hybridized carbons (Fsp3) is 0.500. The van der Waals surface area contributed by atoms with Crippen LogP contribution in [0.3, 0.4) is 0 Å². The molecule has 0 aliphatic heterocycles. The lowest BCUT2D eigenvalue weighted by molar-refractivity contribution is 0.146. The summed E-state index contributed by atoms with van der Waals surface area (Å²) in [5.41, 5.74) is 6.19. The summed E-state index contributed by atoms with van der Waals surface area (Å²) in [6.07, 6.45) is -0.929. The van der Waals surface area contributed by atoms with Crippen LogP contribution in [0.15, 0.2) is 12.1 Å². The van der Waals surface area contributed by atoms with E-state index >= 15 is 0 Å². The van der Waals surface area contributed by atoms with E-state index in [0.29, 0.717) is 5.75 Å². The second kappa shape index (κ2) is 4.14. The Labute approximate surface area is 98.5 Å². The van der Waals surface area contributed by atoms with Crippen molar-refractivity contribution in [2.75, 3.05) is 14.2 Å². The molecule has 2 N–H and O–H groups in total. The first-order valence-corrected chi connectivity index (χ1v) is 5.35. The quantitative estimate of drug-likeness (QED) is 0.884. The number of ether oxygens (including phenoxy) is 2. The minimum Gasteiger partial charge on any atom is -0.496 e. The predicted molar refractivity (Wildman–Crippen MR) is 59.6 cm³/mol. The average Bonchev–Trinajstić information content (AvgIpc) is 3.06. The van der Waals surface area contributed by atoms with Crippen molar-refractivity contribution in [3.8, 4) is 11.5 Å². The van der Waals surface area contributed by atoms with Gasteiger partial charge in [-0.2, -0.15) is 0 Å². The van der Waals surface area contributed by atoms with E-state index in [-0.39, 0.29) is 11.3 Å². The van der Waals surface area contributed by atoms with E-state index in [1.165, 1.54) is 20.3 Å². The molecular formula is C12H15F2NO2. The number of rotatable bonds is 4. The normalized spacial score (nSPS) is 17.1. The Morgan fingerprint density at radius 1 is 1.18 bits per heavy atom. The summed E-state index contributed by atoms with van der Waals surface area (Å²) in [5.74, 6) is 0.564. The van der Waals surface area contributed by atoms with Gasteiger partial charge in [-0.05, 0) is 25.0 Å². The molecule has 0 atom stereocenters. The Kier molecular flexibility index (Phi) is 2.95. The first-order valence-electron chi connectivity index (χ1n) is 5.35. The van der Waals surface area contributed by atoms with Crippen LogP contribution in [0.25, 0.3) is 0 Å². The van der Waals surface area contributed by atoms with Crippen LogP contribution in [0.5, 0.6) is 11.5 Å². The van der Waals surface area contributed by atoms with Crippen molar-refractivity contribution >= 4 is 0 Å². The molecule has 94 valence electrons. The molecule has 0 heterocycles. The molecule has 3 nitrogen and oxygen atoms in total. The fourth-order valence-electron chi connectivity index (χ4n) is 1.88. The largest absolute Gasteiger partial charge is 0.496 e. The third-order valence-corrected chi connectivity index (χ3v) is 3.11. The molecule has 1 aromatic rings. The van der Waals surface area contributed by atoms with E-state index in [1.807, 2.05) is 0 Å². The monoisotopic (exact) mass is 243 g/mol. The van der Waals surface area contributed by atoms with Gasteiger partial charge in [-0.15, -0.1) is 0 Å². The number of methoxy groups -OCH3 is 2. The topological polar surface area (TPSA) is 44.5 Å². The maximum Gasteiger partial charge on any atom is 0.267 e. The third-order valence-electron chi connectivity index (χ3n) is 3.11. The first-order chi connectivity index (χ1) is 8.01. The van der Waals surface area contributed by atoms with Crippen LogP contribution in [0.2, 0.25) is 0 Å². The molecule has 2 rings (SSSR count). The molecule has 1 fully saturated rings. The molecule has 1 saturated carbocycles. The smallest absolute Gasteiger partial charge is 0.267 e. The predicted octanol–water partition coefficient (Wildman–Crippen LogP) is 2.59. The minimum absolute atomic E-state index is 0.160. The number of benzene rings is 1. The summed E-state index contributed by atoms with van der Waals surface area (Å²) in [6, 6.07) is 2.87. The Bertz CT molecular complexity index is 431. The van der Waals surface area contributed by atoms with Crippen molar-refractivity contribution in [1.82, 2.24) is 0 Å². The zero-order chi connectivity index (χ0) is 12.6. The van der Waals surface area contributed by atoms with Crippen LogP contribution in [0, 0.1) is 0 Å². The first kappa shape index (κ1) is 12.1. The van der Waals surface area contributed by atoms with Gasteiger partial charge < -0.3 is 15.2 Å². The molecule has 0 unspecified atom stereocenters. The molecular weight excluding hydrogens is 228 g/mol. The Balaban J connectivity index is 2.53. The van der Waals surface area contributed by atoms with Crippen LogP contribution < -0.4 is 15.2 Å². The van der Waals surface area contributed by atoms with Crippen LogP contribution >= 0.6 is 0 Å². The lowest BCUT2D eigenvalue weighted by atomic mass is 10.0. The van der Waals surface area contributed by atoms with Gasteiger partial charge in [0.05, 0.1) is 19.8 Å². The Morgan fingerprint density at radius 3 is 2.18 bits per heavy atom. The van der Waals surface area contributed by atoms with Crippen molar-refractivity contribution < 1.29 is 18.3 Å². The van der Waals surface area contributed by atoms with Gasteiger partial charge in [0.1, 0.15) is 11.5 Å². The molecule has 1 aliphatic rings. The van der Waals surface area contributed by atoms with Gasteiger partial charge in [0.15, 0.2) is 0 Å². The van der Waals surface area contributed by atoms with E-state index in [9.17, 15) is 8.78 Å². The van der Waals surface area contributed by atoms with E-state index in [2.05, 4.69) is 0 Å². The molecule has 17 heavy (non-hydrogen) atoms. The van der Waals surface area contributed by atoms with Gasteiger partial charge in [0.2, 0.25) is 0 Å². The number of hydrogen-bond acceptors (Lipinski definition) is 3. The van der Waals surface area contributed by atoms with Gasteiger partial charge >= 0.3 is 0 Å². The highest BCUT2D eigenvalue weighted by Crippen LogP contribution is 2.49. The molecule has 0 amide bonds. The van der Waals surface area contributed by atoms with Crippen molar-refractivity contribution in [1.29, 1.82) is 0 Å². The highest BCUT2D eigenvalue weighted by atomic mass is 19.3. The number of halogens is 2. The molecule has 0 aromatic heterocycles. The van der Waals surface area contributed by atoms with Gasteiger partial charge in [0.25, 0.3) is 6.43 Å². The molecule has 0 saturated heterocycles. The van der Waals surface area contributed by atoms with Crippen LogP contribution in [-0.4, -0.2) is 14.2 Å². The number of alkyl halides is 2. The second-order valence-corrected chi connectivity index (χ2v) is 4.25. The molecule has 5 heteroatoms. The van der Waals surface area contributed by atoms with Crippen LogP contribution in [0.1, 0.15) is 30.4 Å². The van der Waals surface area contributed by atoms with Crippen LogP contribution in [-0.2, 0) is 5.54 Å². The molecule has 0 spiro atoms. The van der Waals surface area contributed by atoms with Crippen molar-refractivity contribution in [2.45, 2.75) is 24.8 Å². The summed E-state index contributed by atoms with van der Waals surface area (Å²) >= 11 is 0. The molecule has 1 aliphatic carbocycles.